The van der Waals surface area contributed by atoms with Gasteiger partial charge in [0.2, 0.25) is 5.91 Å². The molecule has 32 heavy (non-hydrogen) atoms. The Hall–Kier alpha value is -3.16. The van der Waals surface area contributed by atoms with Gasteiger partial charge in [-0.1, -0.05) is 36.4 Å². The molecule has 0 aliphatic carbocycles. The lowest BCUT2D eigenvalue weighted by Gasteiger charge is -2.41. The van der Waals surface area contributed by atoms with Crippen LogP contribution in [-0.2, 0) is 14.3 Å². The summed E-state index contributed by atoms with van der Waals surface area (Å²) in [4.78, 5) is 32.2. The van der Waals surface area contributed by atoms with Gasteiger partial charge in [-0.3, -0.25) is 9.59 Å². The fourth-order valence-electron chi connectivity index (χ4n) is 4.53. The summed E-state index contributed by atoms with van der Waals surface area (Å²) >= 11 is 0. The molecule has 0 saturated carbocycles. The van der Waals surface area contributed by atoms with Gasteiger partial charge in [-0.2, -0.15) is 0 Å². The number of hydrogen-bond donors (Lipinski definition) is 2. The van der Waals surface area contributed by atoms with Crippen LogP contribution in [0.4, 0.5) is 0 Å². The molecule has 0 fully saturated rings. The number of aromatic amines is 1. The van der Waals surface area contributed by atoms with Crippen LogP contribution in [0.1, 0.15) is 39.9 Å². The number of amides is 2. The highest BCUT2D eigenvalue weighted by Gasteiger charge is 2.44. The van der Waals surface area contributed by atoms with Crippen LogP contribution in [0, 0.1) is 0 Å². The van der Waals surface area contributed by atoms with Gasteiger partial charge in [-0.05, 0) is 24.1 Å². The minimum Gasteiger partial charge on any atom is -0.385 e. The Morgan fingerprint density at radius 2 is 1.78 bits per heavy atom. The van der Waals surface area contributed by atoms with Gasteiger partial charge < -0.3 is 24.7 Å². The van der Waals surface area contributed by atoms with E-state index in [0.717, 1.165) is 28.5 Å². The maximum Gasteiger partial charge on any atom is 0.254 e. The first-order chi connectivity index (χ1) is 15.7. The van der Waals surface area contributed by atoms with Gasteiger partial charge >= 0.3 is 0 Å². The summed E-state index contributed by atoms with van der Waals surface area (Å²) in [6.45, 7) is 1.86. The minimum atomic E-state index is -0.539. The molecule has 2 atom stereocenters. The molecule has 2 aromatic carbocycles. The Labute approximate surface area is 187 Å². The monoisotopic (exact) mass is 435 g/mol. The first-order valence-corrected chi connectivity index (χ1v) is 10.9. The van der Waals surface area contributed by atoms with Crippen LogP contribution >= 0.6 is 0 Å². The van der Waals surface area contributed by atoms with E-state index in [1.165, 1.54) is 0 Å². The quantitative estimate of drug-likeness (QED) is 0.506. The molecule has 2 heterocycles. The molecule has 1 aromatic heterocycles. The van der Waals surface area contributed by atoms with Crippen LogP contribution < -0.4 is 5.32 Å². The molecular weight excluding hydrogens is 406 g/mol. The van der Waals surface area contributed by atoms with Gasteiger partial charge in [0.05, 0.1) is 18.6 Å². The summed E-state index contributed by atoms with van der Waals surface area (Å²) in [5.74, 6) is -0.724. The number of aromatic nitrogens is 1. The maximum atomic E-state index is 13.6. The molecule has 2 amide bonds. The van der Waals surface area contributed by atoms with E-state index in [1.54, 1.807) is 25.2 Å². The molecule has 0 saturated heterocycles. The highest BCUT2D eigenvalue weighted by molar-refractivity contribution is 6.02. The predicted molar refractivity (Wildman–Crippen MR) is 123 cm³/mol. The van der Waals surface area contributed by atoms with E-state index in [4.69, 9.17) is 9.47 Å². The molecule has 7 heteroatoms. The summed E-state index contributed by atoms with van der Waals surface area (Å²) in [5.41, 5.74) is 3.22. The molecule has 168 valence electrons. The van der Waals surface area contributed by atoms with Crippen molar-refractivity contribution in [2.75, 3.05) is 40.5 Å². The number of carbonyl (C=O) groups excluding carboxylic acids is 2. The summed E-state index contributed by atoms with van der Waals surface area (Å²) in [6, 6.07) is 14.9. The number of fused-ring (bicyclic) bond motifs is 2. The number of benzene rings is 2. The lowest BCUT2D eigenvalue weighted by molar-refractivity contribution is -0.124. The summed E-state index contributed by atoms with van der Waals surface area (Å²) in [6.07, 6.45) is 2.64. The standard InChI is InChI=1S/C25H29N3O4/c1-31-14-7-12-26-24(29)22-18-9-3-4-10-19(18)25(30)28(13-15-32-2)23(22)20-16-27-21-11-6-5-8-17(20)21/h3-6,8-11,16,22-23,27H,7,12-15H2,1-2H3,(H,26,29). The topological polar surface area (TPSA) is 83.7 Å². The normalized spacial score (nSPS) is 18.1. The minimum absolute atomic E-state index is 0.0867. The van der Waals surface area contributed by atoms with Crippen molar-refractivity contribution in [2.45, 2.75) is 18.4 Å². The van der Waals surface area contributed by atoms with Gasteiger partial charge in [-0.25, -0.2) is 0 Å². The van der Waals surface area contributed by atoms with Crippen molar-refractivity contribution in [3.63, 3.8) is 0 Å². The zero-order chi connectivity index (χ0) is 22.5. The molecule has 3 aromatic rings. The molecular formula is C25H29N3O4. The van der Waals surface area contributed by atoms with Crippen LogP contribution in [0.15, 0.2) is 54.7 Å². The van der Waals surface area contributed by atoms with Crippen molar-refractivity contribution in [1.82, 2.24) is 15.2 Å². The molecule has 0 radical (unpaired) electrons. The van der Waals surface area contributed by atoms with E-state index in [2.05, 4.69) is 10.3 Å². The average Bonchev–Trinajstić information content (AvgIpc) is 3.25. The summed E-state index contributed by atoms with van der Waals surface area (Å²) in [5, 5.41) is 4.07. The van der Waals surface area contributed by atoms with Gasteiger partial charge in [0, 0.05) is 62.1 Å². The lowest BCUT2D eigenvalue weighted by atomic mass is 9.79. The third kappa shape index (κ3) is 4.13. The molecule has 0 spiro atoms. The van der Waals surface area contributed by atoms with Crippen molar-refractivity contribution in [2.24, 2.45) is 0 Å². The molecule has 2 N–H and O–H groups in total. The Morgan fingerprint density at radius 3 is 2.59 bits per heavy atom. The number of ether oxygens (including phenoxy) is 2. The smallest absolute Gasteiger partial charge is 0.254 e. The number of nitrogens with zero attached hydrogens (tertiary/aromatic N) is 1. The molecule has 1 aliphatic heterocycles. The Morgan fingerprint density at radius 1 is 1.03 bits per heavy atom. The van der Waals surface area contributed by atoms with Crippen molar-refractivity contribution in [1.29, 1.82) is 0 Å². The predicted octanol–water partition coefficient (Wildman–Crippen LogP) is 3.25. The second-order valence-corrected chi connectivity index (χ2v) is 7.93. The second-order valence-electron chi connectivity index (χ2n) is 7.93. The van der Waals surface area contributed by atoms with Gasteiger partial charge in [0.15, 0.2) is 0 Å². The Balaban J connectivity index is 1.82. The van der Waals surface area contributed by atoms with E-state index in [-0.39, 0.29) is 11.8 Å². The van der Waals surface area contributed by atoms with E-state index in [0.29, 0.717) is 31.9 Å². The molecule has 1 aliphatic rings. The fourth-order valence-corrected chi connectivity index (χ4v) is 4.53. The van der Waals surface area contributed by atoms with Crippen LogP contribution in [0.2, 0.25) is 0 Å². The van der Waals surface area contributed by atoms with E-state index < -0.39 is 12.0 Å². The molecule has 4 rings (SSSR count). The number of carbonyl (C=O) groups is 2. The van der Waals surface area contributed by atoms with Crippen molar-refractivity contribution in [3.8, 4) is 0 Å². The fraction of sp³-hybridized carbons (Fsp3) is 0.360. The zero-order valence-corrected chi connectivity index (χ0v) is 18.5. The van der Waals surface area contributed by atoms with Crippen LogP contribution in [0.3, 0.4) is 0 Å². The van der Waals surface area contributed by atoms with Crippen molar-refractivity contribution >= 4 is 22.7 Å². The van der Waals surface area contributed by atoms with E-state index in [1.807, 2.05) is 48.7 Å². The first kappa shape index (κ1) is 22.0. The summed E-state index contributed by atoms with van der Waals surface area (Å²) in [7, 11) is 3.26. The van der Waals surface area contributed by atoms with Crippen LogP contribution in [0.25, 0.3) is 10.9 Å². The summed E-state index contributed by atoms with van der Waals surface area (Å²) < 4.78 is 10.4. The van der Waals surface area contributed by atoms with E-state index >= 15 is 0 Å². The van der Waals surface area contributed by atoms with Gasteiger partial charge in [0.1, 0.15) is 0 Å². The van der Waals surface area contributed by atoms with Crippen molar-refractivity contribution < 1.29 is 19.1 Å². The Kier molecular flexibility index (Phi) is 6.87. The van der Waals surface area contributed by atoms with E-state index in [9.17, 15) is 9.59 Å². The third-order valence-corrected chi connectivity index (χ3v) is 6.02. The highest BCUT2D eigenvalue weighted by Crippen LogP contribution is 2.44. The molecule has 0 bridgehead atoms. The first-order valence-electron chi connectivity index (χ1n) is 10.9. The molecule has 2 unspecified atom stereocenters. The largest absolute Gasteiger partial charge is 0.385 e. The van der Waals surface area contributed by atoms with Crippen LogP contribution in [-0.4, -0.2) is 62.2 Å². The number of nitrogens with one attached hydrogen (secondary N) is 2. The average molecular weight is 436 g/mol. The van der Waals surface area contributed by atoms with Gasteiger partial charge in [0.25, 0.3) is 5.91 Å². The zero-order valence-electron chi connectivity index (χ0n) is 18.5. The second kappa shape index (κ2) is 9.97. The Bertz CT molecular complexity index is 1090. The molecule has 7 nitrogen and oxygen atoms in total. The number of rotatable bonds is 9. The van der Waals surface area contributed by atoms with Crippen molar-refractivity contribution in [3.05, 3.63) is 71.4 Å². The number of methoxy groups -OCH3 is 2. The number of H-pyrrole nitrogens is 1. The maximum absolute atomic E-state index is 13.6. The number of para-hydroxylation sites is 1. The lowest BCUT2D eigenvalue weighted by Crippen LogP contribution is -2.48. The third-order valence-electron chi connectivity index (χ3n) is 6.02. The number of hydrogen-bond acceptors (Lipinski definition) is 4. The highest BCUT2D eigenvalue weighted by atomic mass is 16.5. The SMILES string of the molecule is COCCCNC(=O)C1c2ccccc2C(=O)N(CCOC)C1c1c[nH]c2ccccc12. The van der Waals surface area contributed by atoms with Crippen LogP contribution in [0.5, 0.6) is 0 Å². The van der Waals surface area contributed by atoms with Gasteiger partial charge in [-0.15, -0.1) is 0 Å².